The quantitative estimate of drug-likeness (QED) is 0.852. The highest BCUT2D eigenvalue weighted by atomic mass is 16.7. The summed E-state index contributed by atoms with van der Waals surface area (Å²) in [4.78, 5) is 0. The lowest BCUT2D eigenvalue weighted by Gasteiger charge is -2.27. The van der Waals surface area contributed by atoms with Gasteiger partial charge in [-0.15, -0.1) is 0 Å². The van der Waals surface area contributed by atoms with Crippen LogP contribution in [0.1, 0.15) is 30.9 Å². The largest absolute Gasteiger partial charge is 0.396 e. The molecule has 0 unspecified atom stereocenters. The van der Waals surface area contributed by atoms with E-state index in [-0.39, 0.29) is 6.61 Å². The summed E-state index contributed by atoms with van der Waals surface area (Å²) in [6.07, 6.45) is 2.43. The van der Waals surface area contributed by atoms with Crippen molar-refractivity contribution >= 4 is 0 Å². The van der Waals surface area contributed by atoms with Crippen molar-refractivity contribution in [3.05, 3.63) is 35.4 Å². The number of aryl methyl sites for hydroxylation is 1. The molecule has 1 N–H and O–H groups in total. The minimum absolute atomic E-state index is 0.168. The molecular formula is C14H20O3. The van der Waals surface area contributed by atoms with Crippen LogP contribution in [0, 0.1) is 0 Å². The molecule has 2 rings (SSSR count). The molecule has 1 heterocycles. The molecule has 1 aliphatic heterocycles. The van der Waals surface area contributed by atoms with Crippen LogP contribution in [-0.4, -0.2) is 24.9 Å². The topological polar surface area (TPSA) is 38.7 Å². The van der Waals surface area contributed by atoms with Gasteiger partial charge in [0.25, 0.3) is 0 Å². The maximum Gasteiger partial charge on any atom is 0.195 e. The van der Waals surface area contributed by atoms with Gasteiger partial charge in [0.15, 0.2) is 5.79 Å². The molecule has 1 aliphatic rings. The van der Waals surface area contributed by atoms with E-state index in [9.17, 15) is 0 Å². The van der Waals surface area contributed by atoms with Crippen molar-refractivity contribution < 1.29 is 14.6 Å². The first-order valence-electron chi connectivity index (χ1n) is 6.29. The second kappa shape index (κ2) is 5.63. The van der Waals surface area contributed by atoms with Crippen LogP contribution in [0.5, 0.6) is 0 Å². The molecule has 0 radical (unpaired) electrons. The van der Waals surface area contributed by atoms with E-state index >= 15 is 0 Å². The Morgan fingerprint density at radius 1 is 1.18 bits per heavy atom. The fourth-order valence-corrected chi connectivity index (χ4v) is 2.22. The van der Waals surface area contributed by atoms with Crippen LogP contribution in [0.2, 0.25) is 0 Å². The zero-order valence-corrected chi connectivity index (χ0v) is 10.3. The highest BCUT2D eigenvalue weighted by Gasteiger charge is 2.37. The van der Waals surface area contributed by atoms with E-state index in [2.05, 4.69) is 31.2 Å². The molecule has 0 aliphatic carbocycles. The molecule has 1 aromatic carbocycles. The van der Waals surface area contributed by atoms with E-state index in [1.165, 1.54) is 5.56 Å². The van der Waals surface area contributed by atoms with Crippen molar-refractivity contribution in [2.45, 2.75) is 32.0 Å². The average molecular weight is 236 g/mol. The molecule has 17 heavy (non-hydrogen) atoms. The fourth-order valence-electron chi connectivity index (χ4n) is 2.22. The zero-order chi connectivity index (χ0) is 12.1. The lowest BCUT2D eigenvalue weighted by molar-refractivity contribution is -0.172. The van der Waals surface area contributed by atoms with Gasteiger partial charge >= 0.3 is 0 Å². The number of benzene rings is 1. The molecule has 0 saturated carbocycles. The molecule has 1 fully saturated rings. The SMILES string of the molecule is CCc1ccc(C2(CCCO)OCCO2)cc1. The Balaban J connectivity index is 2.19. The smallest absolute Gasteiger partial charge is 0.195 e. The summed E-state index contributed by atoms with van der Waals surface area (Å²) in [7, 11) is 0. The maximum absolute atomic E-state index is 8.96. The van der Waals surface area contributed by atoms with Crippen LogP contribution in [-0.2, 0) is 21.7 Å². The summed E-state index contributed by atoms with van der Waals surface area (Å²) in [6.45, 7) is 3.56. The summed E-state index contributed by atoms with van der Waals surface area (Å²) in [5, 5.41) is 8.96. The highest BCUT2D eigenvalue weighted by molar-refractivity contribution is 5.26. The monoisotopic (exact) mass is 236 g/mol. The normalized spacial score (nSPS) is 18.5. The third kappa shape index (κ3) is 2.68. The van der Waals surface area contributed by atoms with Crippen LogP contribution in [0.15, 0.2) is 24.3 Å². The third-order valence-electron chi connectivity index (χ3n) is 3.22. The van der Waals surface area contributed by atoms with Gasteiger partial charge < -0.3 is 14.6 Å². The molecule has 0 aromatic heterocycles. The van der Waals surface area contributed by atoms with Gasteiger partial charge in [-0.1, -0.05) is 31.2 Å². The predicted molar refractivity (Wildman–Crippen MR) is 65.7 cm³/mol. The molecule has 94 valence electrons. The van der Waals surface area contributed by atoms with E-state index in [0.29, 0.717) is 26.1 Å². The Labute approximate surface area is 102 Å². The second-order valence-electron chi connectivity index (χ2n) is 4.33. The number of rotatable bonds is 5. The van der Waals surface area contributed by atoms with Gasteiger partial charge in [-0.25, -0.2) is 0 Å². The fraction of sp³-hybridized carbons (Fsp3) is 0.571. The first-order valence-corrected chi connectivity index (χ1v) is 6.29. The van der Waals surface area contributed by atoms with E-state index < -0.39 is 5.79 Å². The molecule has 0 bridgehead atoms. The van der Waals surface area contributed by atoms with Gasteiger partial charge in [0.2, 0.25) is 0 Å². The summed E-state index contributed by atoms with van der Waals surface area (Å²) in [5.74, 6) is -0.630. The van der Waals surface area contributed by atoms with Crippen molar-refractivity contribution in [1.29, 1.82) is 0 Å². The van der Waals surface area contributed by atoms with Gasteiger partial charge in [-0.2, -0.15) is 0 Å². The van der Waals surface area contributed by atoms with E-state index in [0.717, 1.165) is 12.0 Å². The summed E-state index contributed by atoms with van der Waals surface area (Å²) >= 11 is 0. The molecular weight excluding hydrogens is 216 g/mol. The Bertz CT molecular complexity index is 339. The van der Waals surface area contributed by atoms with Crippen LogP contribution in [0.25, 0.3) is 0 Å². The molecule has 1 saturated heterocycles. The van der Waals surface area contributed by atoms with Crippen molar-refractivity contribution in [2.24, 2.45) is 0 Å². The molecule has 0 amide bonds. The van der Waals surface area contributed by atoms with Gasteiger partial charge in [-0.3, -0.25) is 0 Å². The van der Waals surface area contributed by atoms with Crippen LogP contribution < -0.4 is 0 Å². The number of hydrogen-bond donors (Lipinski definition) is 1. The minimum Gasteiger partial charge on any atom is -0.396 e. The maximum atomic E-state index is 8.96. The van der Waals surface area contributed by atoms with Crippen LogP contribution >= 0.6 is 0 Å². The average Bonchev–Trinajstić information content (AvgIpc) is 2.86. The van der Waals surface area contributed by atoms with Gasteiger partial charge in [-0.05, 0) is 18.4 Å². The molecule has 3 heteroatoms. The Kier molecular flexibility index (Phi) is 4.15. The minimum atomic E-state index is -0.630. The molecule has 3 nitrogen and oxygen atoms in total. The van der Waals surface area contributed by atoms with Crippen molar-refractivity contribution in [2.75, 3.05) is 19.8 Å². The molecule has 0 spiro atoms. The summed E-state index contributed by atoms with van der Waals surface area (Å²) < 4.78 is 11.5. The second-order valence-corrected chi connectivity index (χ2v) is 4.33. The predicted octanol–water partition coefficient (Wildman–Crippen LogP) is 2.22. The lowest BCUT2D eigenvalue weighted by Crippen LogP contribution is -2.27. The highest BCUT2D eigenvalue weighted by Crippen LogP contribution is 2.35. The molecule has 1 aromatic rings. The van der Waals surface area contributed by atoms with E-state index in [4.69, 9.17) is 14.6 Å². The Morgan fingerprint density at radius 3 is 2.35 bits per heavy atom. The number of hydrogen-bond acceptors (Lipinski definition) is 3. The number of aliphatic hydroxyl groups excluding tert-OH is 1. The van der Waals surface area contributed by atoms with Gasteiger partial charge in [0, 0.05) is 18.6 Å². The van der Waals surface area contributed by atoms with Crippen molar-refractivity contribution in [3.8, 4) is 0 Å². The summed E-state index contributed by atoms with van der Waals surface area (Å²) in [6, 6.07) is 8.37. The van der Waals surface area contributed by atoms with Crippen molar-refractivity contribution in [1.82, 2.24) is 0 Å². The van der Waals surface area contributed by atoms with Gasteiger partial charge in [0.05, 0.1) is 13.2 Å². The lowest BCUT2D eigenvalue weighted by atomic mass is 9.99. The Hall–Kier alpha value is -0.900. The van der Waals surface area contributed by atoms with E-state index in [1.807, 2.05) is 0 Å². The Morgan fingerprint density at radius 2 is 1.82 bits per heavy atom. The van der Waals surface area contributed by atoms with Crippen LogP contribution in [0.3, 0.4) is 0 Å². The van der Waals surface area contributed by atoms with Gasteiger partial charge in [0.1, 0.15) is 0 Å². The summed E-state index contributed by atoms with van der Waals surface area (Å²) in [5.41, 5.74) is 2.37. The zero-order valence-electron chi connectivity index (χ0n) is 10.3. The first kappa shape index (κ1) is 12.6. The number of aliphatic hydroxyl groups is 1. The van der Waals surface area contributed by atoms with E-state index in [1.54, 1.807) is 0 Å². The molecule has 0 atom stereocenters. The third-order valence-corrected chi connectivity index (χ3v) is 3.22. The number of ether oxygens (including phenoxy) is 2. The van der Waals surface area contributed by atoms with Crippen LogP contribution in [0.4, 0.5) is 0 Å². The van der Waals surface area contributed by atoms with Crippen molar-refractivity contribution in [3.63, 3.8) is 0 Å². The standard InChI is InChI=1S/C14H20O3/c1-2-12-4-6-13(7-5-12)14(8-3-9-15)16-10-11-17-14/h4-7,15H,2-3,8-11H2,1H3. The first-order chi connectivity index (χ1) is 8.30.